The molecule has 0 spiro atoms. The Morgan fingerprint density at radius 1 is 1.33 bits per heavy atom. The van der Waals surface area contributed by atoms with Crippen LogP contribution in [-0.4, -0.2) is 17.7 Å². The van der Waals surface area contributed by atoms with Crippen LogP contribution in [0.5, 0.6) is 0 Å². The minimum Gasteiger partial charge on any atom is -0.467 e. The molecular weight excluding hydrogens is 292 g/mol. The Labute approximate surface area is 126 Å². The van der Waals surface area contributed by atoms with E-state index in [1.165, 1.54) is 0 Å². The van der Waals surface area contributed by atoms with Crippen molar-refractivity contribution in [1.82, 2.24) is 5.32 Å². The first-order chi connectivity index (χ1) is 10.2. The molecule has 1 aromatic heterocycles. The first-order valence-electron chi connectivity index (χ1n) is 6.51. The molecule has 0 aliphatic carbocycles. The highest BCUT2D eigenvalue weighted by Gasteiger charge is 2.28. The summed E-state index contributed by atoms with van der Waals surface area (Å²) in [5.74, 6) is 0.485. The van der Waals surface area contributed by atoms with Crippen LogP contribution >= 0.6 is 11.6 Å². The third kappa shape index (κ3) is 3.25. The normalized spacial score (nSPS) is 17.2. The fourth-order valence-corrected chi connectivity index (χ4v) is 2.16. The maximum absolute atomic E-state index is 12.0. The molecule has 0 unspecified atom stereocenters. The number of benzene rings is 1. The highest BCUT2D eigenvalue weighted by Crippen LogP contribution is 2.18. The molecule has 0 radical (unpaired) electrons. The SMILES string of the molecule is O=C(NCc1ccco1)[C@H]1CC(c2ccc(Cl)cc2)=NO1. The second-order valence-electron chi connectivity index (χ2n) is 4.64. The lowest BCUT2D eigenvalue weighted by atomic mass is 10.0. The molecule has 2 aromatic rings. The van der Waals surface area contributed by atoms with Crippen LogP contribution in [0.25, 0.3) is 0 Å². The monoisotopic (exact) mass is 304 g/mol. The van der Waals surface area contributed by atoms with Gasteiger partial charge >= 0.3 is 0 Å². The number of rotatable bonds is 4. The van der Waals surface area contributed by atoms with Crippen LogP contribution in [0.4, 0.5) is 0 Å². The Morgan fingerprint density at radius 2 is 2.14 bits per heavy atom. The van der Waals surface area contributed by atoms with Gasteiger partial charge in [0.15, 0.2) is 0 Å². The molecule has 1 aliphatic heterocycles. The van der Waals surface area contributed by atoms with Gasteiger partial charge in [0.05, 0.1) is 18.5 Å². The lowest BCUT2D eigenvalue weighted by molar-refractivity contribution is -0.131. The Hall–Kier alpha value is -2.27. The number of nitrogens with zero attached hydrogens (tertiary/aromatic N) is 1. The van der Waals surface area contributed by atoms with E-state index < -0.39 is 6.10 Å². The minimum absolute atomic E-state index is 0.209. The number of furan rings is 1. The highest BCUT2D eigenvalue weighted by atomic mass is 35.5. The van der Waals surface area contributed by atoms with Gasteiger partial charge in [-0.3, -0.25) is 4.79 Å². The van der Waals surface area contributed by atoms with Gasteiger partial charge in [0.1, 0.15) is 5.76 Å². The van der Waals surface area contributed by atoms with Gasteiger partial charge in [0.2, 0.25) is 6.10 Å². The summed E-state index contributed by atoms with van der Waals surface area (Å²) >= 11 is 5.84. The first-order valence-corrected chi connectivity index (χ1v) is 6.89. The second-order valence-corrected chi connectivity index (χ2v) is 5.08. The molecule has 6 heteroatoms. The van der Waals surface area contributed by atoms with Gasteiger partial charge in [-0.15, -0.1) is 0 Å². The first kappa shape index (κ1) is 13.7. The van der Waals surface area contributed by atoms with Crippen LogP contribution in [0.3, 0.4) is 0 Å². The molecule has 108 valence electrons. The summed E-state index contributed by atoms with van der Waals surface area (Å²) in [5.41, 5.74) is 1.64. The van der Waals surface area contributed by atoms with Gasteiger partial charge in [-0.1, -0.05) is 28.9 Å². The zero-order valence-electron chi connectivity index (χ0n) is 11.1. The van der Waals surface area contributed by atoms with Crippen molar-refractivity contribution in [3.8, 4) is 0 Å². The Bertz CT molecular complexity index is 650. The number of carbonyl (C=O) groups excluding carboxylic acids is 1. The van der Waals surface area contributed by atoms with Gasteiger partial charge in [-0.25, -0.2) is 0 Å². The van der Waals surface area contributed by atoms with E-state index in [9.17, 15) is 4.79 Å². The van der Waals surface area contributed by atoms with Crippen molar-refractivity contribution < 1.29 is 14.0 Å². The van der Waals surface area contributed by atoms with Crippen molar-refractivity contribution in [2.75, 3.05) is 0 Å². The average Bonchev–Trinajstić information content (AvgIpc) is 3.17. The van der Waals surface area contributed by atoms with Crippen molar-refractivity contribution >= 4 is 23.2 Å². The number of amides is 1. The van der Waals surface area contributed by atoms with E-state index in [0.717, 1.165) is 11.3 Å². The third-order valence-corrected chi connectivity index (χ3v) is 3.41. The molecule has 0 saturated carbocycles. The van der Waals surface area contributed by atoms with Crippen LogP contribution < -0.4 is 5.32 Å². The molecule has 2 heterocycles. The zero-order chi connectivity index (χ0) is 14.7. The summed E-state index contributed by atoms with van der Waals surface area (Å²) < 4.78 is 5.15. The maximum atomic E-state index is 12.0. The second kappa shape index (κ2) is 6.01. The van der Waals surface area contributed by atoms with Gasteiger partial charge < -0.3 is 14.6 Å². The predicted octanol–water partition coefficient (Wildman–Crippen LogP) is 2.74. The molecule has 5 nitrogen and oxygen atoms in total. The Morgan fingerprint density at radius 3 is 2.86 bits per heavy atom. The molecule has 1 aromatic carbocycles. The molecule has 0 bridgehead atoms. The van der Waals surface area contributed by atoms with Crippen molar-refractivity contribution in [2.24, 2.45) is 5.16 Å². The highest BCUT2D eigenvalue weighted by molar-refractivity contribution is 6.30. The van der Waals surface area contributed by atoms with Crippen LogP contribution in [0.1, 0.15) is 17.7 Å². The standard InChI is InChI=1S/C15H13ClN2O3/c16-11-5-3-10(4-6-11)13-8-14(21-18-13)15(19)17-9-12-2-1-7-20-12/h1-7,14H,8-9H2,(H,17,19)/t14-/m1/s1. The summed E-state index contributed by atoms with van der Waals surface area (Å²) in [5, 5.41) is 7.39. The number of nitrogens with one attached hydrogen (secondary N) is 1. The van der Waals surface area contributed by atoms with Crippen LogP contribution in [0, 0.1) is 0 Å². The third-order valence-electron chi connectivity index (χ3n) is 3.16. The van der Waals surface area contributed by atoms with E-state index in [4.69, 9.17) is 20.9 Å². The summed E-state index contributed by atoms with van der Waals surface area (Å²) in [7, 11) is 0. The van der Waals surface area contributed by atoms with Crippen molar-refractivity contribution in [2.45, 2.75) is 19.1 Å². The molecule has 1 aliphatic rings. The molecule has 21 heavy (non-hydrogen) atoms. The number of halogens is 1. The predicted molar refractivity (Wildman–Crippen MR) is 78.0 cm³/mol. The van der Waals surface area contributed by atoms with Crippen molar-refractivity contribution in [3.05, 3.63) is 59.0 Å². The maximum Gasteiger partial charge on any atom is 0.264 e. The van der Waals surface area contributed by atoms with Crippen LogP contribution in [0.15, 0.2) is 52.2 Å². The van der Waals surface area contributed by atoms with E-state index in [1.54, 1.807) is 30.5 Å². The summed E-state index contributed by atoms with van der Waals surface area (Å²) in [6, 6.07) is 10.8. The van der Waals surface area contributed by atoms with Gasteiger partial charge in [-0.05, 0) is 29.8 Å². The van der Waals surface area contributed by atoms with Crippen molar-refractivity contribution in [3.63, 3.8) is 0 Å². The van der Waals surface area contributed by atoms with E-state index in [0.29, 0.717) is 23.7 Å². The summed E-state index contributed by atoms with van der Waals surface area (Å²) in [6.07, 6.45) is 1.40. The molecule has 1 amide bonds. The van der Waals surface area contributed by atoms with Gasteiger partial charge in [-0.2, -0.15) is 0 Å². The summed E-state index contributed by atoms with van der Waals surface area (Å²) in [6.45, 7) is 0.335. The largest absolute Gasteiger partial charge is 0.467 e. The number of hydrogen-bond acceptors (Lipinski definition) is 4. The number of oxime groups is 1. The minimum atomic E-state index is -0.606. The van der Waals surface area contributed by atoms with Crippen molar-refractivity contribution in [1.29, 1.82) is 0 Å². The van der Waals surface area contributed by atoms with Crippen LogP contribution in [0.2, 0.25) is 5.02 Å². The van der Waals surface area contributed by atoms with E-state index in [-0.39, 0.29) is 5.91 Å². The summed E-state index contributed by atoms with van der Waals surface area (Å²) in [4.78, 5) is 17.2. The topological polar surface area (TPSA) is 63.8 Å². The lowest BCUT2D eigenvalue weighted by Crippen LogP contribution is -2.34. The average molecular weight is 305 g/mol. The smallest absolute Gasteiger partial charge is 0.264 e. The Balaban J connectivity index is 1.55. The number of hydrogen-bond donors (Lipinski definition) is 1. The fraction of sp³-hybridized carbons (Fsp3) is 0.200. The van der Waals surface area contributed by atoms with Crippen LogP contribution in [-0.2, 0) is 16.2 Å². The molecule has 1 N–H and O–H groups in total. The lowest BCUT2D eigenvalue weighted by Gasteiger charge is -2.08. The molecule has 1 atom stereocenters. The van der Waals surface area contributed by atoms with E-state index >= 15 is 0 Å². The number of carbonyl (C=O) groups is 1. The molecular formula is C15H13ClN2O3. The van der Waals surface area contributed by atoms with E-state index in [2.05, 4.69) is 10.5 Å². The molecule has 3 rings (SSSR count). The molecule has 0 saturated heterocycles. The fourth-order valence-electron chi connectivity index (χ4n) is 2.03. The van der Waals surface area contributed by atoms with E-state index in [1.807, 2.05) is 12.1 Å². The molecule has 0 fully saturated rings. The van der Waals surface area contributed by atoms with Gasteiger partial charge in [0.25, 0.3) is 5.91 Å². The quantitative estimate of drug-likeness (QED) is 0.944. The van der Waals surface area contributed by atoms with Gasteiger partial charge in [0, 0.05) is 11.4 Å². The zero-order valence-corrected chi connectivity index (χ0v) is 11.8. The Kier molecular flexibility index (Phi) is 3.92.